The van der Waals surface area contributed by atoms with Crippen LogP contribution in [0, 0.1) is 0 Å². The van der Waals surface area contributed by atoms with Gasteiger partial charge in [0.15, 0.2) is 11.5 Å². The van der Waals surface area contributed by atoms with Crippen LogP contribution in [0.25, 0.3) is 0 Å². The van der Waals surface area contributed by atoms with E-state index >= 15 is 0 Å². The van der Waals surface area contributed by atoms with Crippen LogP contribution in [0.2, 0.25) is 0 Å². The summed E-state index contributed by atoms with van der Waals surface area (Å²) in [5.41, 5.74) is 2.07. The molecule has 9 nitrogen and oxygen atoms in total. The Balaban J connectivity index is 1.35. The van der Waals surface area contributed by atoms with Crippen LogP contribution in [0.4, 0.5) is 10.7 Å². The van der Waals surface area contributed by atoms with E-state index in [1.807, 2.05) is 6.92 Å². The van der Waals surface area contributed by atoms with Crippen molar-refractivity contribution in [3.8, 4) is 11.5 Å². The van der Waals surface area contributed by atoms with Gasteiger partial charge in [0.2, 0.25) is 11.8 Å². The molecule has 0 unspecified atom stereocenters. The van der Waals surface area contributed by atoms with Gasteiger partial charge in [0.05, 0.1) is 25.3 Å². The third-order valence-electron chi connectivity index (χ3n) is 5.66. The van der Waals surface area contributed by atoms with Crippen LogP contribution in [-0.2, 0) is 27.2 Å². The van der Waals surface area contributed by atoms with Crippen molar-refractivity contribution in [3.63, 3.8) is 0 Å². The van der Waals surface area contributed by atoms with Crippen LogP contribution < -0.4 is 20.1 Å². The molecule has 0 radical (unpaired) electrons. The minimum absolute atomic E-state index is 0.0237. The number of esters is 1. The zero-order valence-corrected chi connectivity index (χ0v) is 20.2. The summed E-state index contributed by atoms with van der Waals surface area (Å²) in [6.45, 7) is 5.47. The van der Waals surface area contributed by atoms with Crippen LogP contribution in [-0.4, -0.2) is 62.1 Å². The van der Waals surface area contributed by atoms with Gasteiger partial charge in [-0.15, -0.1) is 11.3 Å². The number of likely N-dealkylation sites (N-methyl/N-ethyl adjacent to an activating group) is 1. The molecule has 1 aliphatic heterocycles. The number of anilines is 2. The lowest BCUT2D eigenvalue weighted by molar-refractivity contribution is -0.119. The van der Waals surface area contributed by atoms with Gasteiger partial charge in [-0.05, 0) is 50.4 Å². The largest absolute Gasteiger partial charge is 0.486 e. The number of aryl methyl sites for hydroxylation is 1. The molecule has 4 rings (SSSR count). The minimum atomic E-state index is -0.400. The van der Waals surface area contributed by atoms with E-state index in [2.05, 4.69) is 10.6 Å². The Labute approximate surface area is 202 Å². The van der Waals surface area contributed by atoms with E-state index < -0.39 is 5.97 Å². The van der Waals surface area contributed by atoms with Gasteiger partial charge in [0, 0.05) is 16.6 Å². The van der Waals surface area contributed by atoms with E-state index in [0.717, 1.165) is 29.7 Å². The fraction of sp³-hybridized carbons (Fsp3) is 0.458. The molecule has 0 bridgehead atoms. The number of nitrogens with zero attached hydrogens (tertiary/aromatic N) is 1. The maximum Gasteiger partial charge on any atom is 0.341 e. The summed E-state index contributed by atoms with van der Waals surface area (Å²) in [5.74, 6) is 0.324. The van der Waals surface area contributed by atoms with E-state index in [4.69, 9.17) is 14.2 Å². The standard InChI is InChI=1S/C24H29N3O6S/c1-3-27(13-20(28)25-15-8-9-17-18(12-15)33-11-10-32-17)14-21(29)26-23-22(24(30)31-4-2)16-6-5-7-19(16)34-23/h8-9,12H,3-7,10-11,13-14H2,1-2H3,(H,25,28)(H,26,29). The van der Waals surface area contributed by atoms with E-state index in [0.29, 0.717) is 47.5 Å². The maximum atomic E-state index is 12.8. The molecule has 1 aromatic carbocycles. The van der Waals surface area contributed by atoms with Crippen molar-refractivity contribution in [2.75, 3.05) is 50.1 Å². The normalized spacial score (nSPS) is 14.0. The van der Waals surface area contributed by atoms with E-state index in [1.165, 1.54) is 11.3 Å². The van der Waals surface area contributed by atoms with Crippen molar-refractivity contribution in [2.24, 2.45) is 0 Å². The lowest BCUT2D eigenvalue weighted by Crippen LogP contribution is -2.38. The fourth-order valence-corrected chi connectivity index (χ4v) is 5.38. The number of carbonyl (C=O) groups is 3. The molecular weight excluding hydrogens is 458 g/mol. The van der Waals surface area contributed by atoms with Gasteiger partial charge in [0.25, 0.3) is 0 Å². The van der Waals surface area contributed by atoms with Crippen molar-refractivity contribution >= 4 is 39.8 Å². The number of fused-ring (bicyclic) bond motifs is 2. The first-order valence-electron chi connectivity index (χ1n) is 11.5. The molecule has 0 spiro atoms. The molecule has 0 saturated carbocycles. The number of nitrogens with one attached hydrogen (secondary N) is 2. The van der Waals surface area contributed by atoms with Crippen molar-refractivity contribution in [1.29, 1.82) is 0 Å². The van der Waals surface area contributed by atoms with Gasteiger partial charge in [-0.3, -0.25) is 14.5 Å². The second-order valence-electron chi connectivity index (χ2n) is 8.04. The Hall–Kier alpha value is -3.11. The van der Waals surface area contributed by atoms with Crippen molar-refractivity contribution in [2.45, 2.75) is 33.1 Å². The Bertz CT molecular complexity index is 1080. The van der Waals surface area contributed by atoms with Crippen LogP contribution in [0.3, 0.4) is 0 Å². The molecule has 0 saturated heterocycles. The molecule has 34 heavy (non-hydrogen) atoms. The summed E-state index contributed by atoms with van der Waals surface area (Å²) in [7, 11) is 0. The third kappa shape index (κ3) is 5.51. The third-order valence-corrected chi connectivity index (χ3v) is 6.87. The zero-order valence-electron chi connectivity index (χ0n) is 19.4. The van der Waals surface area contributed by atoms with Gasteiger partial charge < -0.3 is 24.8 Å². The Morgan fingerprint density at radius 2 is 1.76 bits per heavy atom. The molecule has 2 heterocycles. The van der Waals surface area contributed by atoms with Gasteiger partial charge >= 0.3 is 5.97 Å². The van der Waals surface area contributed by atoms with Crippen LogP contribution in [0.1, 0.15) is 41.1 Å². The SMILES string of the molecule is CCOC(=O)c1c(NC(=O)CN(CC)CC(=O)Nc2ccc3c(c2)OCCO3)sc2c1CCC2. The molecular formula is C24H29N3O6S. The average molecular weight is 488 g/mol. The number of thiophene rings is 1. The number of rotatable bonds is 9. The topological polar surface area (TPSA) is 106 Å². The van der Waals surface area contributed by atoms with Crippen molar-refractivity contribution in [3.05, 3.63) is 34.2 Å². The molecule has 182 valence electrons. The van der Waals surface area contributed by atoms with Gasteiger partial charge in [0.1, 0.15) is 18.2 Å². The number of hydrogen-bond donors (Lipinski definition) is 2. The molecule has 2 N–H and O–H groups in total. The summed E-state index contributed by atoms with van der Waals surface area (Å²) >= 11 is 1.44. The number of amides is 2. The van der Waals surface area contributed by atoms with Crippen LogP contribution in [0.5, 0.6) is 11.5 Å². The molecule has 1 aromatic heterocycles. The highest BCUT2D eigenvalue weighted by atomic mass is 32.1. The summed E-state index contributed by atoms with van der Waals surface area (Å²) in [5, 5.41) is 6.25. The average Bonchev–Trinajstić information content (AvgIpc) is 3.39. The summed E-state index contributed by atoms with van der Waals surface area (Å²) < 4.78 is 16.3. The molecule has 2 amide bonds. The highest BCUT2D eigenvalue weighted by molar-refractivity contribution is 7.17. The van der Waals surface area contributed by atoms with Gasteiger partial charge in [-0.25, -0.2) is 4.79 Å². The van der Waals surface area contributed by atoms with Crippen LogP contribution >= 0.6 is 11.3 Å². The van der Waals surface area contributed by atoms with Gasteiger partial charge in [-0.1, -0.05) is 6.92 Å². The van der Waals surface area contributed by atoms with Crippen molar-refractivity contribution in [1.82, 2.24) is 4.90 Å². The zero-order chi connectivity index (χ0) is 24.1. The molecule has 0 fully saturated rings. The smallest absolute Gasteiger partial charge is 0.341 e. The minimum Gasteiger partial charge on any atom is -0.486 e. The fourth-order valence-electron chi connectivity index (χ4n) is 4.09. The number of benzene rings is 1. The van der Waals surface area contributed by atoms with Gasteiger partial charge in [-0.2, -0.15) is 0 Å². The first-order chi connectivity index (χ1) is 16.5. The number of carbonyl (C=O) groups excluding carboxylic acids is 3. The molecule has 1 aliphatic carbocycles. The predicted octanol–water partition coefficient (Wildman–Crippen LogP) is 3.08. The summed E-state index contributed by atoms with van der Waals surface area (Å²) in [6.07, 6.45) is 2.73. The Kier molecular flexibility index (Phi) is 7.69. The second-order valence-corrected chi connectivity index (χ2v) is 9.15. The molecule has 10 heteroatoms. The Morgan fingerprint density at radius 1 is 1.03 bits per heavy atom. The molecule has 0 atom stereocenters. The lowest BCUT2D eigenvalue weighted by Gasteiger charge is -2.21. The summed E-state index contributed by atoms with van der Waals surface area (Å²) in [6, 6.07) is 5.23. The number of hydrogen-bond acceptors (Lipinski definition) is 8. The predicted molar refractivity (Wildman–Crippen MR) is 129 cm³/mol. The second kappa shape index (κ2) is 10.9. The first kappa shape index (κ1) is 24.0. The molecule has 2 aromatic rings. The number of ether oxygens (including phenoxy) is 3. The van der Waals surface area contributed by atoms with Crippen molar-refractivity contribution < 1.29 is 28.6 Å². The Morgan fingerprint density at radius 3 is 2.50 bits per heavy atom. The van der Waals surface area contributed by atoms with E-state index in [-0.39, 0.29) is 31.5 Å². The monoisotopic (exact) mass is 487 g/mol. The van der Waals surface area contributed by atoms with E-state index in [9.17, 15) is 14.4 Å². The highest BCUT2D eigenvalue weighted by Crippen LogP contribution is 2.39. The lowest BCUT2D eigenvalue weighted by atomic mass is 10.1. The first-order valence-corrected chi connectivity index (χ1v) is 12.3. The molecule has 2 aliphatic rings. The maximum absolute atomic E-state index is 12.8. The highest BCUT2D eigenvalue weighted by Gasteiger charge is 2.28. The van der Waals surface area contributed by atoms with Crippen LogP contribution in [0.15, 0.2) is 18.2 Å². The van der Waals surface area contributed by atoms with E-state index in [1.54, 1.807) is 30.0 Å². The quantitative estimate of drug-likeness (QED) is 0.524. The summed E-state index contributed by atoms with van der Waals surface area (Å²) in [4.78, 5) is 40.7.